The summed E-state index contributed by atoms with van der Waals surface area (Å²) in [4.78, 5) is 4.41. The van der Waals surface area contributed by atoms with Gasteiger partial charge in [-0.05, 0) is 23.4 Å². The van der Waals surface area contributed by atoms with E-state index in [1.54, 1.807) is 12.1 Å². The Hall–Kier alpha value is -1.40. The van der Waals surface area contributed by atoms with Crippen LogP contribution < -0.4 is 5.73 Å². The van der Waals surface area contributed by atoms with E-state index in [9.17, 15) is 4.39 Å². The quantitative estimate of drug-likeness (QED) is 0.830. The van der Waals surface area contributed by atoms with E-state index in [1.807, 2.05) is 0 Å². The van der Waals surface area contributed by atoms with E-state index >= 15 is 0 Å². The van der Waals surface area contributed by atoms with Gasteiger partial charge >= 0.3 is 0 Å². The Kier molecular flexibility index (Phi) is 2.98. The number of hydrogen-bond donors (Lipinski definition) is 2. The van der Waals surface area contributed by atoms with E-state index in [0.29, 0.717) is 16.6 Å². The van der Waals surface area contributed by atoms with Gasteiger partial charge in [-0.2, -0.15) is 5.10 Å². The lowest BCUT2D eigenvalue weighted by atomic mass is 10.2. The van der Waals surface area contributed by atoms with Crippen molar-refractivity contribution in [3.05, 3.63) is 35.9 Å². The van der Waals surface area contributed by atoms with Crippen molar-refractivity contribution in [2.24, 2.45) is 5.73 Å². The number of nitrogens with one attached hydrogen (secondary N) is 1. The molecule has 6 heteroatoms. The Labute approximate surface area is 90.1 Å². The normalized spacial score (nSPS) is 10.5. The molecule has 15 heavy (non-hydrogen) atoms. The average Bonchev–Trinajstić information content (AvgIpc) is 2.74. The molecule has 1 aromatic heterocycles. The Morgan fingerprint density at radius 2 is 2.33 bits per heavy atom. The van der Waals surface area contributed by atoms with Crippen LogP contribution in [-0.4, -0.2) is 15.2 Å². The second-order valence-electron chi connectivity index (χ2n) is 2.82. The van der Waals surface area contributed by atoms with Crippen LogP contribution in [0.5, 0.6) is 0 Å². The fourth-order valence-electron chi connectivity index (χ4n) is 1.17. The number of halogens is 1. The van der Waals surface area contributed by atoms with Crippen LogP contribution in [-0.2, 0) is 6.54 Å². The van der Waals surface area contributed by atoms with E-state index in [4.69, 9.17) is 5.73 Å². The molecule has 2 aromatic rings. The predicted octanol–water partition coefficient (Wildman–Crippen LogP) is 1.55. The molecule has 1 heterocycles. The molecule has 78 valence electrons. The average molecular weight is 224 g/mol. The molecule has 0 fully saturated rings. The highest BCUT2D eigenvalue weighted by Crippen LogP contribution is 2.29. The first-order chi connectivity index (χ1) is 7.31. The Morgan fingerprint density at radius 3 is 3.00 bits per heavy atom. The molecule has 0 radical (unpaired) electrons. The maximum absolute atomic E-state index is 13.5. The molecule has 0 atom stereocenters. The monoisotopic (exact) mass is 224 g/mol. The van der Waals surface area contributed by atoms with Crippen molar-refractivity contribution < 1.29 is 4.39 Å². The highest BCUT2D eigenvalue weighted by molar-refractivity contribution is 7.99. The summed E-state index contributed by atoms with van der Waals surface area (Å²) < 4.78 is 13.5. The SMILES string of the molecule is NCc1cccc(F)c1Sc1ncn[nH]1. The fraction of sp³-hybridized carbons (Fsp3) is 0.111. The van der Waals surface area contributed by atoms with Gasteiger partial charge in [0.1, 0.15) is 12.1 Å². The molecule has 4 nitrogen and oxygen atoms in total. The van der Waals surface area contributed by atoms with Gasteiger partial charge in [0.25, 0.3) is 0 Å². The molecular weight excluding hydrogens is 215 g/mol. The Morgan fingerprint density at radius 1 is 1.47 bits per heavy atom. The zero-order chi connectivity index (χ0) is 10.7. The zero-order valence-corrected chi connectivity index (χ0v) is 8.59. The highest BCUT2D eigenvalue weighted by Gasteiger charge is 2.10. The summed E-state index contributed by atoms with van der Waals surface area (Å²) in [6.07, 6.45) is 1.38. The standard InChI is InChI=1S/C9H9FN4S/c10-7-3-1-2-6(4-11)8(7)15-9-12-5-13-14-9/h1-3,5H,4,11H2,(H,12,13,14). The van der Waals surface area contributed by atoms with E-state index < -0.39 is 0 Å². The Bertz CT molecular complexity index is 443. The van der Waals surface area contributed by atoms with Crippen LogP contribution in [0.3, 0.4) is 0 Å². The van der Waals surface area contributed by atoms with Crippen LogP contribution in [0.1, 0.15) is 5.56 Å². The molecular formula is C9H9FN4S. The van der Waals surface area contributed by atoms with Crippen molar-refractivity contribution in [3.63, 3.8) is 0 Å². The third kappa shape index (κ3) is 2.16. The van der Waals surface area contributed by atoms with Crippen molar-refractivity contribution in [1.82, 2.24) is 15.2 Å². The van der Waals surface area contributed by atoms with Gasteiger partial charge in [0.15, 0.2) is 5.16 Å². The molecule has 0 bridgehead atoms. The number of nitrogens with two attached hydrogens (primary N) is 1. The highest BCUT2D eigenvalue weighted by atomic mass is 32.2. The van der Waals surface area contributed by atoms with Gasteiger partial charge in [-0.1, -0.05) is 12.1 Å². The molecule has 0 saturated carbocycles. The van der Waals surface area contributed by atoms with Crippen molar-refractivity contribution >= 4 is 11.8 Å². The summed E-state index contributed by atoms with van der Waals surface area (Å²) in [5.74, 6) is -0.292. The molecule has 0 unspecified atom stereocenters. The van der Waals surface area contributed by atoms with Crippen molar-refractivity contribution in [3.8, 4) is 0 Å². The van der Waals surface area contributed by atoms with Crippen LogP contribution in [0.4, 0.5) is 4.39 Å². The molecule has 0 aliphatic rings. The lowest BCUT2D eigenvalue weighted by Gasteiger charge is -2.05. The number of benzene rings is 1. The molecule has 3 N–H and O–H groups in total. The predicted molar refractivity (Wildman–Crippen MR) is 54.8 cm³/mol. The first-order valence-electron chi connectivity index (χ1n) is 4.32. The van der Waals surface area contributed by atoms with Gasteiger partial charge in [-0.25, -0.2) is 9.37 Å². The second kappa shape index (κ2) is 4.41. The third-order valence-corrected chi connectivity index (χ3v) is 2.91. The minimum atomic E-state index is -0.292. The molecule has 0 aliphatic carbocycles. The molecule has 2 rings (SSSR count). The number of aromatic nitrogens is 3. The van der Waals surface area contributed by atoms with Gasteiger partial charge in [0, 0.05) is 6.54 Å². The summed E-state index contributed by atoms with van der Waals surface area (Å²) >= 11 is 1.19. The largest absolute Gasteiger partial charge is 0.326 e. The summed E-state index contributed by atoms with van der Waals surface area (Å²) in [7, 11) is 0. The van der Waals surface area contributed by atoms with E-state index in [0.717, 1.165) is 5.56 Å². The molecule has 0 saturated heterocycles. The fourth-order valence-corrected chi connectivity index (χ4v) is 2.01. The first-order valence-corrected chi connectivity index (χ1v) is 5.13. The lowest BCUT2D eigenvalue weighted by molar-refractivity contribution is 0.597. The number of hydrogen-bond acceptors (Lipinski definition) is 4. The van der Waals surface area contributed by atoms with Gasteiger partial charge in [-0.15, -0.1) is 0 Å². The number of rotatable bonds is 3. The number of aromatic amines is 1. The van der Waals surface area contributed by atoms with Gasteiger partial charge in [0.2, 0.25) is 0 Å². The second-order valence-corrected chi connectivity index (χ2v) is 3.82. The number of H-pyrrole nitrogens is 1. The van der Waals surface area contributed by atoms with Crippen LogP contribution >= 0.6 is 11.8 Å². The molecule has 1 aromatic carbocycles. The topological polar surface area (TPSA) is 67.6 Å². The lowest BCUT2D eigenvalue weighted by Crippen LogP contribution is -2.00. The maximum atomic E-state index is 13.5. The van der Waals surface area contributed by atoms with Crippen LogP contribution in [0, 0.1) is 5.82 Å². The van der Waals surface area contributed by atoms with E-state index in [2.05, 4.69) is 15.2 Å². The van der Waals surface area contributed by atoms with Crippen LogP contribution in [0.2, 0.25) is 0 Å². The third-order valence-electron chi connectivity index (χ3n) is 1.86. The van der Waals surface area contributed by atoms with Crippen molar-refractivity contribution in [2.75, 3.05) is 0 Å². The summed E-state index contributed by atoms with van der Waals surface area (Å²) in [6.45, 7) is 0.300. The van der Waals surface area contributed by atoms with Crippen LogP contribution in [0.25, 0.3) is 0 Å². The summed E-state index contributed by atoms with van der Waals surface area (Å²) in [5.41, 5.74) is 6.28. The van der Waals surface area contributed by atoms with Crippen molar-refractivity contribution in [2.45, 2.75) is 16.6 Å². The molecule has 0 amide bonds. The minimum absolute atomic E-state index is 0.292. The smallest absolute Gasteiger partial charge is 0.188 e. The zero-order valence-electron chi connectivity index (χ0n) is 7.77. The molecule has 0 aliphatic heterocycles. The van der Waals surface area contributed by atoms with Gasteiger partial charge < -0.3 is 5.73 Å². The Balaban J connectivity index is 2.34. The van der Waals surface area contributed by atoms with E-state index in [-0.39, 0.29) is 5.82 Å². The summed E-state index contributed by atoms with van der Waals surface area (Å²) in [5, 5.41) is 6.90. The summed E-state index contributed by atoms with van der Waals surface area (Å²) in [6, 6.07) is 4.83. The first kappa shape index (κ1) is 10.1. The number of nitrogens with zero attached hydrogens (tertiary/aromatic N) is 2. The van der Waals surface area contributed by atoms with Crippen molar-refractivity contribution in [1.29, 1.82) is 0 Å². The minimum Gasteiger partial charge on any atom is -0.326 e. The molecule has 0 spiro atoms. The van der Waals surface area contributed by atoms with Gasteiger partial charge in [0.05, 0.1) is 4.90 Å². The van der Waals surface area contributed by atoms with Crippen LogP contribution in [0.15, 0.2) is 34.6 Å². The van der Waals surface area contributed by atoms with Gasteiger partial charge in [-0.3, -0.25) is 5.10 Å². The maximum Gasteiger partial charge on any atom is 0.188 e. The van der Waals surface area contributed by atoms with E-state index in [1.165, 1.54) is 24.2 Å².